The molecule has 2 atom stereocenters. The minimum absolute atomic E-state index is 0.0563. The molecule has 2 fully saturated rings. The average Bonchev–Trinajstić information content (AvgIpc) is 3.16. The van der Waals surface area contributed by atoms with Gasteiger partial charge in [0.05, 0.1) is 18.3 Å². The van der Waals surface area contributed by atoms with E-state index in [0.717, 1.165) is 51.7 Å². The van der Waals surface area contributed by atoms with Crippen LogP contribution in [-0.4, -0.2) is 51.7 Å². The maximum absolute atomic E-state index is 6.11. The second-order valence-corrected chi connectivity index (χ2v) is 7.62. The van der Waals surface area contributed by atoms with E-state index in [1.165, 1.54) is 12.8 Å². The standard InChI is InChI=1S/C17H33NO3/c1-16(2,3)21-11-8-17(13-18-9-12-19-4)7-10-20-15(17)14-5-6-14/h14-15,18H,5-13H2,1-4H3. The highest BCUT2D eigenvalue weighted by Gasteiger charge is 2.50. The van der Waals surface area contributed by atoms with Crippen molar-refractivity contribution in [3.8, 4) is 0 Å². The summed E-state index contributed by atoms with van der Waals surface area (Å²) in [6.07, 6.45) is 5.35. The van der Waals surface area contributed by atoms with E-state index < -0.39 is 0 Å². The molecule has 0 bridgehead atoms. The Morgan fingerprint density at radius 3 is 2.62 bits per heavy atom. The molecule has 4 nitrogen and oxygen atoms in total. The van der Waals surface area contributed by atoms with Crippen molar-refractivity contribution in [2.45, 2.75) is 58.2 Å². The van der Waals surface area contributed by atoms with Crippen LogP contribution in [0.2, 0.25) is 0 Å². The Labute approximate surface area is 129 Å². The number of methoxy groups -OCH3 is 1. The molecule has 0 radical (unpaired) electrons. The van der Waals surface area contributed by atoms with Crippen LogP contribution in [0.3, 0.4) is 0 Å². The van der Waals surface area contributed by atoms with Crippen molar-refractivity contribution in [2.75, 3.05) is 40.0 Å². The van der Waals surface area contributed by atoms with Crippen molar-refractivity contribution in [1.82, 2.24) is 5.32 Å². The van der Waals surface area contributed by atoms with Gasteiger partial charge in [-0.05, 0) is 52.4 Å². The lowest BCUT2D eigenvalue weighted by Crippen LogP contribution is -2.44. The molecule has 124 valence electrons. The predicted octanol–water partition coefficient (Wildman–Crippen LogP) is 2.61. The monoisotopic (exact) mass is 299 g/mol. The lowest BCUT2D eigenvalue weighted by atomic mass is 9.76. The van der Waals surface area contributed by atoms with E-state index in [0.29, 0.717) is 6.10 Å². The van der Waals surface area contributed by atoms with E-state index in [1.54, 1.807) is 7.11 Å². The van der Waals surface area contributed by atoms with Crippen LogP contribution in [0.15, 0.2) is 0 Å². The number of hydrogen-bond acceptors (Lipinski definition) is 4. The first-order valence-electron chi connectivity index (χ1n) is 8.42. The summed E-state index contributed by atoms with van der Waals surface area (Å²) in [5.74, 6) is 0.784. The second-order valence-electron chi connectivity index (χ2n) is 7.62. The quantitative estimate of drug-likeness (QED) is 0.664. The van der Waals surface area contributed by atoms with E-state index in [9.17, 15) is 0 Å². The van der Waals surface area contributed by atoms with E-state index >= 15 is 0 Å². The fourth-order valence-electron chi connectivity index (χ4n) is 3.36. The highest BCUT2D eigenvalue weighted by atomic mass is 16.5. The zero-order chi connectivity index (χ0) is 15.3. The second kappa shape index (κ2) is 7.40. The summed E-state index contributed by atoms with van der Waals surface area (Å²) >= 11 is 0. The highest BCUT2D eigenvalue weighted by Crippen LogP contribution is 2.49. The molecule has 0 aromatic heterocycles. The Bertz CT molecular complexity index is 312. The molecule has 2 aliphatic rings. The molecule has 1 aliphatic carbocycles. The maximum Gasteiger partial charge on any atom is 0.0673 e. The van der Waals surface area contributed by atoms with Gasteiger partial charge in [0.15, 0.2) is 0 Å². The Balaban J connectivity index is 1.89. The third-order valence-corrected chi connectivity index (χ3v) is 4.65. The lowest BCUT2D eigenvalue weighted by molar-refractivity contribution is -0.0368. The predicted molar refractivity (Wildman–Crippen MR) is 84.6 cm³/mol. The van der Waals surface area contributed by atoms with Gasteiger partial charge >= 0.3 is 0 Å². The third kappa shape index (κ3) is 5.20. The van der Waals surface area contributed by atoms with Gasteiger partial charge in [-0.15, -0.1) is 0 Å². The molecule has 0 aromatic carbocycles. The van der Waals surface area contributed by atoms with Crippen LogP contribution in [0.25, 0.3) is 0 Å². The fraction of sp³-hybridized carbons (Fsp3) is 1.00. The normalized spacial score (nSPS) is 30.0. The first-order chi connectivity index (χ1) is 9.97. The molecule has 4 heteroatoms. The number of rotatable bonds is 9. The van der Waals surface area contributed by atoms with Gasteiger partial charge in [0.1, 0.15) is 0 Å². The fourth-order valence-corrected chi connectivity index (χ4v) is 3.36. The number of nitrogens with one attached hydrogen (secondary N) is 1. The van der Waals surface area contributed by atoms with Crippen molar-refractivity contribution in [3.05, 3.63) is 0 Å². The topological polar surface area (TPSA) is 39.7 Å². The summed E-state index contributed by atoms with van der Waals surface area (Å²) in [6, 6.07) is 0. The number of hydrogen-bond donors (Lipinski definition) is 1. The zero-order valence-corrected chi connectivity index (χ0v) is 14.2. The van der Waals surface area contributed by atoms with E-state index in [1.807, 2.05) is 0 Å². The minimum Gasteiger partial charge on any atom is -0.383 e. The molecular formula is C17H33NO3. The molecule has 1 saturated carbocycles. The Kier molecular flexibility index (Phi) is 6.06. The molecule has 0 spiro atoms. The molecule has 0 amide bonds. The zero-order valence-electron chi connectivity index (χ0n) is 14.2. The molecule has 1 saturated heterocycles. The summed E-state index contributed by atoms with van der Waals surface area (Å²) in [5.41, 5.74) is 0.194. The van der Waals surface area contributed by atoms with Gasteiger partial charge in [0.2, 0.25) is 0 Å². The minimum atomic E-state index is -0.0563. The van der Waals surface area contributed by atoms with Crippen LogP contribution in [0, 0.1) is 11.3 Å². The first kappa shape index (κ1) is 17.2. The Morgan fingerprint density at radius 1 is 1.24 bits per heavy atom. The number of ether oxygens (including phenoxy) is 3. The summed E-state index contributed by atoms with van der Waals surface area (Å²) in [5, 5.41) is 3.57. The van der Waals surface area contributed by atoms with Gasteiger partial charge in [0.25, 0.3) is 0 Å². The van der Waals surface area contributed by atoms with E-state index in [-0.39, 0.29) is 11.0 Å². The van der Waals surface area contributed by atoms with Crippen LogP contribution in [-0.2, 0) is 14.2 Å². The van der Waals surface area contributed by atoms with Gasteiger partial charge in [-0.25, -0.2) is 0 Å². The van der Waals surface area contributed by atoms with Crippen molar-refractivity contribution in [2.24, 2.45) is 11.3 Å². The molecule has 21 heavy (non-hydrogen) atoms. The Morgan fingerprint density at radius 2 is 2.00 bits per heavy atom. The molecule has 1 aliphatic heterocycles. The van der Waals surface area contributed by atoms with Gasteiger partial charge in [-0.3, -0.25) is 0 Å². The lowest BCUT2D eigenvalue weighted by Gasteiger charge is -2.35. The van der Waals surface area contributed by atoms with Gasteiger partial charge in [-0.1, -0.05) is 0 Å². The smallest absolute Gasteiger partial charge is 0.0673 e. The molecular weight excluding hydrogens is 266 g/mol. The summed E-state index contributed by atoms with van der Waals surface area (Å²) in [7, 11) is 1.75. The molecule has 1 N–H and O–H groups in total. The summed E-state index contributed by atoms with van der Waals surface area (Å²) in [4.78, 5) is 0. The molecule has 2 unspecified atom stereocenters. The maximum atomic E-state index is 6.11. The van der Waals surface area contributed by atoms with Gasteiger partial charge in [0, 0.05) is 38.8 Å². The van der Waals surface area contributed by atoms with Crippen LogP contribution in [0.1, 0.15) is 46.5 Å². The molecule has 0 aromatic rings. The van der Waals surface area contributed by atoms with Crippen molar-refractivity contribution < 1.29 is 14.2 Å². The molecule has 1 heterocycles. The van der Waals surface area contributed by atoms with Crippen LogP contribution < -0.4 is 5.32 Å². The van der Waals surface area contributed by atoms with E-state index in [2.05, 4.69) is 26.1 Å². The summed E-state index contributed by atoms with van der Waals surface area (Å²) < 4.78 is 17.2. The van der Waals surface area contributed by atoms with Crippen molar-refractivity contribution in [1.29, 1.82) is 0 Å². The SMILES string of the molecule is COCCNCC1(CCOC(C)(C)C)CCOC1C1CC1. The Hall–Kier alpha value is -0.160. The average molecular weight is 299 g/mol. The van der Waals surface area contributed by atoms with Crippen LogP contribution >= 0.6 is 0 Å². The van der Waals surface area contributed by atoms with Crippen LogP contribution in [0.5, 0.6) is 0 Å². The van der Waals surface area contributed by atoms with Crippen molar-refractivity contribution >= 4 is 0 Å². The van der Waals surface area contributed by atoms with E-state index in [4.69, 9.17) is 14.2 Å². The van der Waals surface area contributed by atoms with Crippen LogP contribution in [0.4, 0.5) is 0 Å². The summed E-state index contributed by atoms with van der Waals surface area (Å²) in [6.45, 7) is 10.8. The third-order valence-electron chi connectivity index (χ3n) is 4.65. The van der Waals surface area contributed by atoms with Gasteiger partial charge < -0.3 is 19.5 Å². The highest BCUT2D eigenvalue weighted by molar-refractivity contribution is 5.00. The molecule has 2 rings (SSSR count). The largest absolute Gasteiger partial charge is 0.383 e. The first-order valence-corrected chi connectivity index (χ1v) is 8.42. The van der Waals surface area contributed by atoms with Gasteiger partial charge in [-0.2, -0.15) is 0 Å². The van der Waals surface area contributed by atoms with Crippen molar-refractivity contribution in [3.63, 3.8) is 0 Å².